The van der Waals surface area contributed by atoms with Crippen LogP contribution in [0.3, 0.4) is 0 Å². The molecule has 0 aromatic heterocycles. The maximum Gasteiger partial charge on any atom is 0.0450 e. The molecule has 1 spiro atoms. The van der Waals surface area contributed by atoms with Crippen LogP contribution in [0.25, 0.3) is 0 Å². The van der Waals surface area contributed by atoms with Crippen LogP contribution in [-0.2, 0) is 0 Å². The van der Waals surface area contributed by atoms with Crippen molar-refractivity contribution < 1.29 is 0 Å². The molecule has 2 aliphatic rings. The predicted octanol–water partition coefficient (Wildman–Crippen LogP) is 3.36. The smallest absolute Gasteiger partial charge is 0.0450 e. The Hall–Kier alpha value is -0.860. The lowest BCUT2D eigenvalue weighted by Gasteiger charge is -2.48. The van der Waals surface area contributed by atoms with Crippen molar-refractivity contribution in [1.29, 1.82) is 0 Å². The monoisotopic (exact) mass is 258 g/mol. The fraction of sp³-hybridized carbons (Fsp3) is 0.647. The molecule has 3 rings (SSSR count). The number of hydrogen-bond donors (Lipinski definition) is 1. The second-order valence-electron chi connectivity index (χ2n) is 6.22. The molecule has 1 unspecified atom stereocenters. The normalized spacial score (nSPS) is 26.9. The highest BCUT2D eigenvalue weighted by atomic mass is 15.3. The van der Waals surface area contributed by atoms with E-state index >= 15 is 0 Å². The zero-order chi connectivity index (χ0) is 13.1. The van der Waals surface area contributed by atoms with Gasteiger partial charge in [-0.1, -0.05) is 50.1 Å². The highest BCUT2D eigenvalue weighted by Gasteiger charge is 2.43. The van der Waals surface area contributed by atoms with Crippen molar-refractivity contribution in [2.75, 3.05) is 19.6 Å². The second kappa shape index (κ2) is 5.64. The van der Waals surface area contributed by atoms with Gasteiger partial charge in [0.1, 0.15) is 0 Å². The molecule has 0 bridgehead atoms. The van der Waals surface area contributed by atoms with Crippen molar-refractivity contribution in [2.24, 2.45) is 0 Å². The lowest BCUT2D eigenvalue weighted by molar-refractivity contribution is 0.0428. The molecule has 1 aromatic rings. The Morgan fingerprint density at radius 2 is 1.95 bits per heavy atom. The fourth-order valence-corrected chi connectivity index (χ4v) is 3.94. The van der Waals surface area contributed by atoms with Crippen molar-refractivity contribution >= 4 is 0 Å². The summed E-state index contributed by atoms with van der Waals surface area (Å²) in [5.41, 5.74) is 1.91. The van der Waals surface area contributed by atoms with Gasteiger partial charge in [-0.15, -0.1) is 0 Å². The minimum Gasteiger partial charge on any atom is -0.307 e. The van der Waals surface area contributed by atoms with Crippen molar-refractivity contribution in [3.05, 3.63) is 35.9 Å². The van der Waals surface area contributed by atoms with Gasteiger partial charge in [-0.25, -0.2) is 0 Å². The molecule has 1 heterocycles. The molecule has 2 heteroatoms. The first-order valence-electron chi connectivity index (χ1n) is 7.87. The summed E-state index contributed by atoms with van der Waals surface area (Å²) < 4.78 is 0. The number of hydrogen-bond acceptors (Lipinski definition) is 2. The van der Waals surface area contributed by atoms with Crippen LogP contribution < -0.4 is 5.32 Å². The summed E-state index contributed by atoms with van der Waals surface area (Å²) in [4.78, 5) is 2.79. The number of benzene rings is 1. The summed E-state index contributed by atoms with van der Waals surface area (Å²) >= 11 is 0. The van der Waals surface area contributed by atoms with Crippen LogP contribution in [0.4, 0.5) is 0 Å². The van der Waals surface area contributed by atoms with Gasteiger partial charge >= 0.3 is 0 Å². The summed E-state index contributed by atoms with van der Waals surface area (Å²) in [6.45, 7) is 5.91. The zero-order valence-corrected chi connectivity index (χ0v) is 12.1. The molecule has 1 aromatic carbocycles. The first-order chi connectivity index (χ1) is 9.34. The van der Waals surface area contributed by atoms with E-state index in [1.54, 1.807) is 0 Å². The highest BCUT2D eigenvalue weighted by Crippen LogP contribution is 2.38. The lowest BCUT2D eigenvalue weighted by atomic mass is 9.89. The minimum absolute atomic E-state index is 0.474. The molecular formula is C17H26N2. The van der Waals surface area contributed by atoms with Crippen molar-refractivity contribution in [2.45, 2.75) is 50.6 Å². The van der Waals surface area contributed by atoms with Gasteiger partial charge in [0, 0.05) is 24.7 Å². The van der Waals surface area contributed by atoms with Gasteiger partial charge in [0.25, 0.3) is 0 Å². The number of rotatable bonds is 3. The van der Waals surface area contributed by atoms with Crippen LogP contribution >= 0.6 is 0 Å². The molecule has 1 atom stereocenters. The van der Waals surface area contributed by atoms with Gasteiger partial charge in [0.05, 0.1) is 0 Å². The van der Waals surface area contributed by atoms with Crippen LogP contribution in [0.15, 0.2) is 30.3 Å². The van der Waals surface area contributed by atoms with Gasteiger partial charge in [-0.2, -0.15) is 0 Å². The first kappa shape index (κ1) is 13.1. The molecule has 2 nitrogen and oxygen atoms in total. The molecule has 0 radical (unpaired) electrons. The summed E-state index contributed by atoms with van der Waals surface area (Å²) in [6.07, 6.45) is 6.88. The molecule has 2 fully saturated rings. The number of piperazine rings is 1. The quantitative estimate of drug-likeness (QED) is 0.894. The third kappa shape index (κ3) is 2.56. The molecule has 19 heavy (non-hydrogen) atoms. The summed E-state index contributed by atoms with van der Waals surface area (Å²) in [5.74, 6) is 0. The van der Waals surface area contributed by atoms with Gasteiger partial charge in [-0.05, 0) is 31.4 Å². The fourth-order valence-electron chi connectivity index (χ4n) is 3.94. The van der Waals surface area contributed by atoms with E-state index in [0.29, 0.717) is 11.6 Å². The van der Waals surface area contributed by atoms with Gasteiger partial charge in [-0.3, -0.25) is 4.90 Å². The maximum atomic E-state index is 3.81. The topological polar surface area (TPSA) is 15.3 Å². The maximum absolute atomic E-state index is 3.81. The predicted molar refractivity (Wildman–Crippen MR) is 80.2 cm³/mol. The highest BCUT2D eigenvalue weighted by molar-refractivity contribution is 5.21. The lowest BCUT2D eigenvalue weighted by Crippen LogP contribution is -2.60. The summed E-state index contributed by atoms with van der Waals surface area (Å²) in [7, 11) is 0. The molecular weight excluding hydrogens is 232 g/mol. The van der Waals surface area contributed by atoms with E-state index in [2.05, 4.69) is 47.5 Å². The van der Waals surface area contributed by atoms with Crippen LogP contribution in [0.2, 0.25) is 0 Å². The third-order valence-corrected chi connectivity index (χ3v) is 4.98. The molecule has 104 valence electrons. The second-order valence-corrected chi connectivity index (χ2v) is 6.22. The Morgan fingerprint density at radius 3 is 2.63 bits per heavy atom. The third-order valence-electron chi connectivity index (χ3n) is 4.98. The number of nitrogens with zero attached hydrogens (tertiary/aromatic N) is 1. The summed E-state index contributed by atoms with van der Waals surface area (Å²) in [6, 6.07) is 11.4. The Bertz CT molecular complexity index is 395. The Morgan fingerprint density at radius 1 is 1.21 bits per heavy atom. The molecule has 1 aliphatic carbocycles. The Labute approximate surface area is 117 Å². The average Bonchev–Trinajstić information content (AvgIpc) is 2.92. The number of nitrogens with one attached hydrogen (secondary N) is 1. The van der Waals surface area contributed by atoms with E-state index in [9.17, 15) is 0 Å². The van der Waals surface area contributed by atoms with Crippen LogP contribution in [0.5, 0.6) is 0 Å². The van der Waals surface area contributed by atoms with E-state index in [1.165, 1.54) is 57.3 Å². The zero-order valence-electron chi connectivity index (χ0n) is 12.1. The van der Waals surface area contributed by atoms with Crippen LogP contribution in [0.1, 0.15) is 50.6 Å². The molecule has 1 aliphatic heterocycles. The largest absolute Gasteiger partial charge is 0.307 e. The molecule has 0 amide bonds. The SMILES string of the molecule is CCCN1CC(c2ccccc2)NCC12CCCC2. The van der Waals surface area contributed by atoms with Crippen molar-refractivity contribution in [3.63, 3.8) is 0 Å². The van der Waals surface area contributed by atoms with Gasteiger partial charge < -0.3 is 5.32 Å². The Kier molecular flexibility index (Phi) is 3.90. The van der Waals surface area contributed by atoms with Crippen molar-refractivity contribution in [1.82, 2.24) is 10.2 Å². The molecule has 1 saturated heterocycles. The first-order valence-corrected chi connectivity index (χ1v) is 7.87. The Balaban J connectivity index is 1.76. The van der Waals surface area contributed by atoms with E-state index in [0.717, 1.165) is 0 Å². The molecule has 1 saturated carbocycles. The standard InChI is InChI=1S/C17H26N2/c1-2-12-19-13-16(15-8-4-3-5-9-15)18-14-17(19)10-6-7-11-17/h3-5,8-9,16,18H,2,6-7,10-14H2,1H3. The summed E-state index contributed by atoms with van der Waals surface area (Å²) in [5, 5.41) is 3.81. The average molecular weight is 258 g/mol. The van der Waals surface area contributed by atoms with Crippen molar-refractivity contribution in [3.8, 4) is 0 Å². The van der Waals surface area contributed by atoms with E-state index < -0.39 is 0 Å². The van der Waals surface area contributed by atoms with Gasteiger partial charge in [0.2, 0.25) is 0 Å². The van der Waals surface area contributed by atoms with E-state index in [1.807, 2.05) is 0 Å². The van der Waals surface area contributed by atoms with Crippen LogP contribution in [0, 0.1) is 0 Å². The minimum atomic E-state index is 0.474. The van der Waals surface area contributed by atoms with E-state index in [4.69, 9.17) is 0 Å². The molecule has 1 N–H and O–H groups in total. The van der Waals surface area contributed by atoms with Gasteiger partial charge in [0.15, 0.2) is 0 Å². The van der Waals surface area contributed by atoms with E-state index in [-0.39, 0.29) is 0 Å². The van der Waals surface area contributed by atoms with Crippen LogP contribution in [-0.4, -0.2) is 30.1 Å².